The molecule has 116 valence electrons. The molecule has 2 aliphatic rings. The summed E-state index contributed by atoms with van der Waals surface area (Å²) in [6.45, 7) is 4.92. The zero-order valence-corrected chi connectivity index (χ0v) is 13.4. The van der Waals surface area contributed by atoms with Crippen molar-refractivity contribution >= 4 is 6.03 Å². The van der Waals surface area contributed by atoms with Crippen LogP contribution in [0, 0.1) is 12.8 Å². The van der Waals surface area contributed by atoms with Gasteiger partial charge in [0.25, 0.3) is 0 Å². The molecule has 5 heteroatoms. The van der Waals surface area contributed by atoms with Crippen molar-refractivity contribution in [1.82, 2.24) is 19.4 Å². The number of nitrogens with zero attached hydrogens (tertiary/aromatic N) is 4. The molecule has 0 aromatic carbocycles. The lowest BCUT2D eigenvalue weighted by Gasteiger charge is -2.35. The highest BCUT2D eigenvalue weighted by Gasteiger charge is 2.31. The topological polar surface area (TPSA) is 41.4 Å². The first kappa shape index (κ1) is 14.4. The molecule has 1 saturated heterocycles. The third kappa shape index (κ3) is 3.06. The summed E-state index contributed by atoms with van der Waals surface area (Å²) in [5.74, 6) is 2.50. The Morgan fingerprint density at radius 3 is 2.81 bits per heavy atom. The van der Waals surface area contributed by atoms with Crippen molar-refractivity contribution in [2.75, 3.05) is 27.2 Å². The van der Waals surface area contributed by atoms with E-state index in [4.69, 9.17) is 0 Å². The van der Waals surface area contributed by atoms with Crippen molar-refractivity contribution in [1.29, 1.82) is 0 Å². The van der Waals surface area contributed by atoms with E-state index < -0.39 is 0 Å². The van der Waals surface area contributed by atoms with Crippen LogP contribution >= 0.6 is 0 Å². The Morgan fingerprint density at radius 1 is 1.38 bits per heavy atom. The number of hydrogen-bond donors (Lipinski definition) is 0. The average Bonchev–Trinajstić information content (AvgIpc) is 3.25. The maximum atomic E-state index is 12.1. The van der Waals surface area contributed by atoms with Crippen LogP contribution < -0.4 is 0 Å². The fourth-order valence-electron chi connectivity index (χ4n) is 3.31. The second-order valence-electron chi connectivity index (χ2n) is 6.77. The zero-order valence-electron chi connectivity index (χ0n) is 13.4. The van der Waals surface area contributed by atoms with Crippen LogP contribution in [-0.4, -0.2) is 52.6 Å². The predicted octanol–water partition coefficient (Wildman–Crippen LogP) is 2.46. The second kappa shape index (κ2) is 5.70. The van der Waals surface area contributed by atoms with Gasteiger partial charge in [0.15, 0.2) is 0 Å². The van der Waals surface area contributed by atoms with Crippen molar-refractivity contribution in [3.05, 3.63) is 17.7 Å². The van der Waals surface area contributed by atoms with Gasteiger partial charge in [0.1, 0.15) is 5.82 Å². The van der Waals surface area contributed by atoms with Gasteiger partial charge in [-0.25, -0.2) is 9.78 Å². The Hall–Kier alpha value is -1.52. The molecule has 21 heavy (non-hydrogen) atoms. The highest BCUT2D eigenvalue weighted by Crippen LogP contribution is 2.39. The molecule has 0 radical (unpaired) electrons. The number of aryl methyl sites for hydroxylation is 1. The summed E-state index contributed by atoms with van der Waals surface area (Å²) < 4.78 is 2.39. The number of carbonyl (C=O) groups is 1. The quantitative estimate of drug-likeness (QED) is 0.858. The molecule has 2 fully saturated rings. The van der Waals surface area contributed by atoms with Crippen LogP contribution in [0.5, 0.6) is 0 Å². The fourth-order valence-corrected chi connectivity index (χ4v) is 3.31. The van der Waals surface area contributed by atoms with Crippen molar-refractivity contribution in [2.45, 2.75) is 45.1 Å². The highest BCUT2D eigenvalue weighted by molar-refractivity contribution is 5.73. The van der Waals surface area contributed by atoms with E-state index in [0.29, 0.717) is 11.8 Å². The molecule has 1 aliphatic heterocycles. The zero-order chi connectivity index (χ0) is 15.0. The highest BCUT2D eigenvalue weighted by atomic mass is 16.2. The van der Waals surface area contributed by atoms with Gasteiger partial charge in [0.05, 0.1) is 0 Å². The molecule has 1 aliphatic carbocycles. The smallest absolute Gasteiger partial charge is 0.319 e. The van der Waals surface area contributed by atoms with Gasteiger partial charge in [-0.3, -0.25) is 0 Å². The summed E-state index contributed by atoms with van der Waals surface area (Å²) in [6.07, 6.45) is 6.88. The third-order valence-corrected chi connectivity index (χ3v) is 4.64. The lowest BCUT2D eigenvalue weighted by molar-refractivity contribution is 0.137. The van der Waals surface area contributed by atoms with E-state index in [1.807, 2.05) is 25.2 Å². The SMILES string of the molecule is Cc1cnc(C2CC2)n1CC1CCCN(C(=O)N(C)C)C1. The second-order valence-corrected chi connectivity index (χ2v) is 6.77. The first-order valence-electron chi connectivity index (χ1n) is 8.04. The van der Waals surface area contributed by atoms with E-state index in [9.17, 15) is 4.79 Å². The Kier molecular flexibility index (Phi) is 3.91. The number of imidazole rings is 1. The largest absolute Gasteiger partial charge is 0.332 e. The van der Waals surface area contributed by atoms with Gasteiger partial charge in [0, 0.05) is 51.5 Å². The molecule has 1 aromatic heterocycles. The van der Waals surface area contributed by atoms with Crippen LogP contribution in [0.3, 0.4) is 0 Å². The predicted molar refractivity (Wildman–Crippen MR) is 82.3 cm³/mol. The number of piperidine rings is 1. The Balaban J connectivity index is 1.67. The normalized spacial score (nSPS) is 22.4. The molecule has 1 atom stereocenters. The van der Waals surface area contributed by atoms with Crippen molar-refractivity contribution < 1.29 is 4.79 Å². The van der Waals surface area contributed by atoms with Gasteiger partial charge in [-0.2, -0.15) is 0 Å². The van der Waals surface area contributed by atoms with Gasteiger partial charge < -0.3 is 14.4 Å². The number of aromatic nitrogens is 2. The number of amides is 2. The van der Waals surface area contributed by atoms with Crippen LogP contribution in [-0.2, 0) is 6.54 Å². The fraction of sp³-hybridized carbons (Fsp3) is 0.750. The Bertz CT molecular complexity index is 518. The minimum absolute atomic E-state index is 0.143. The molecule has 3 rings (SSSR count). The van der Waals surface area contributed by atoms with Crippen LogP contribution in [0.15, 0.2) is 6.20 Å². The molecule has 1 aromatic rings. The minimum atomic E-state index is 0.143. The number of urea groups is 1. The summed E-state index contributed by atoms with van der Waals surface area (Å²) >= 11 is 0. The Labute approximate surface area is 126 Å². The van der Waals surface area contributed by atoms with Gasteiger partial charge >= 0.3 is 6.03 Å². The molecule has 1 unspecified atom stereocenters. The number of rotatable bonds is 3. The van der Waals surface area contributed by atoms with Gasteiger partial charge in [0.2, 0.25) is 0 Å². The van der Waals surface area contributed by atoms with E-state index >= 15 is 0 Å². The molecule has 0 spiro atoms. The molecule has 0 N–H and O–H groups in total. The summed E-state index contributed by atoms with van der Waals surface area (Å²) in [7, 11) is 3.66. The van der Waals surface area contributed by atoms with Crippen molar-refractivity contribution in [2.24, 2.45) is 5.92 Å². The van der Waals surface area contributed by atoms with E-state index in [0.717, 1.165) is 26.1 Å². The molecule has 2 heterocycles. The van der Waals surface area contributed by atoms with E-state index in [1.54, 1.807) is 4.90 Å². The van der Waals surface area contributed by atoms with Crippen LogP contribution in [0.25, 0.3) is 0 Å². The maximum Gasteiger partial charge on any atom is 0.319 e. The first-order chi connectivity index (χ1) is 10.1. The maximum absolute atomic E-state index is 12.1. The van der Waals surface area contributed by atoms with Gasteiger partial charge in [-0.15, -0.1) is 0 Å². The van der Waals surface area contributed by atoms with Crippen LogP contribution in [0.1, 0.15) is 43.1 Å². The lowest BCUT2D eigenvalue weighted by atomic mass is 9.98. The summed E-state index contributed by atoms with van der Waals surface area (Å²) in [5.41, 5.74) is 1.26. The minimum Gasteiger partial charge on any atom is -0.332 e. The van der Waals surface area contributed by atoms with E-state index in [2.05, 4.69) is 16.5 Å². The number of carbonyl (C=O) groups excluding carboxylic acids is 1. The van der Waals surface area contributed by atoms with Crippen molar-refractivity contribution in [3.8, 4) is 0 Å². The number of hydrogen-bond acceptors (Lipinski definition) is 2. The first-order valence-corrected chi connectivity index (χ1v) is 8.04. The standard InChI is InChI=1S/C16H26N4O/c1-12-9-17-15(14-6-7-14)20(12)11-13-5-4-8-19(10-13)16(21)18(2)3/h9,13-14H,4-8,10-11H2,1-3H3. The van der Waals surface area contributed by atoms with E-state index in [-0.39, 0.29) is 6.03 Å². The number of likely N-dealkylation sites (tertiary alicyclic amines) is 1. The van der Waals surface area contributed by atoms with Gasteiger partial charge in [-0.1, -0.05) is 0 Å². The van der Waals surface area contributed by atoms with E-state index in [1.165, 1.54) is 30.8 Å². The molecular weight excluding hydrogens is 264 g/mol. The average molecular weight is 290 g/mol. The lowest BCUT2D eigenvalue weighted by Crippen LogP contribution is -2.45. The monoisotopic (exact) mass is 290 g/mol. The third-order valence-electron chi connectivity index (χ3n) is 4.64. The summed E-state index contributed by atoms with van der Waals surface area (Å²) in [6, 6.07) is 0.143. The Morgan fingerprint density at radius 2 is 2.14 bits per heavy atom. The van der Waals surface area contributed by atoms with Crippen LogP contribution in [0.2, 0.25) is 0 Å². The molecule has 2 amide bonds. The van der Waals surface area contributed by atoms with Crippen LogP contribution in [0.4, 0.5) is 4.79 Å². The molecule has 1 saturated carbocycles. The molecular formula is C16H26N4O. The van der Waals surface area contributed by atoms with Crippen molar-refractivity contribution in [3.63, 3.8) is 0 Å². The van der Waals surface area contributed by atoms with Gasteiger partial charge in [-0.05, 0) is 38.5 Å². The molecule has 0 bridgehead atoms. The molecule has 5 nitrogen and oxygen atoms in total. The summed E-state index contributed by atoms with van der Waals surface area (Å²) in [5, 5.41) is 0. The summed E-state index contributed by atoms with van der Waals surface area (Å²) in [4.78, 5) is 20.4.